The molecule has 0 unspecified atom stereocenters. The van der Waals surface area contributed by atoms with E-state index in [9.17, 15) is 0 Å². The summed E-state index contributed by atoms with van der Waals surface area (Å²) in [6.07, 6.45) is 1.99. The highest BCUT2D eigenvalue weighted by Crippen LogP contribution is 2.32. The molecule has 2 rings (SSSR count). The Kier molecular flexibility index (Phi) is 4.72. The van der Waals surface area contributed by atoms with Crippen LogP contribution >= 0.6 is 11.3 Å². The number of thiazole rings is 1. The summed E-state index contributed by atoms with van der Waals surface area (Å²) >= 11 is 1.81. The van der Waals surface area contributed by atoms with Crippen molar-refractivity contribution >= 4 is 11.3 Å². The Morgan fingerprint density at radius 1 is 1.21 bits per heavy atom. The Balaban J connectivity index is 2.40. The van der Waals surface area contributed by atoms with E-state index >= 15 is 0 Å². The quantitative estimate of drug-likeness (QED) is 0.895. The van der Waals surface area contributed by atoms with E-state index in [0.717, 1.165) is 18.5 Å². The van der Waals surface area contributed by atoms with Crippen LogP contribution < -0.4 is 5.73 Å². The molecule has 0 fully saturated rings. The van der Waals surface area contributed by atoms with Crippen LogP contribution in [0, 0.1) is 0 Å². The van der Waals surface area contributed by atoms with Gasteiger partial charge < -0.3 is 5.73 Å². The first-order valence-corrected chi connectivity index (χ1v) is 7.76. The lowest BCUT2D eigenvalue weighted by Gasteiger charge is -2.03. The van der Waals surface area contributed by atoms with Crippen molar-refractivity contribution in [2.75, 3.05) is 6.54 Å². The molecule has 102 valence electrons. The van der Waals surface area contributed by atoms with Crippen molar-refractivity contribution in [1.82, 2.24) is 4.98 Å². The number of aromatic nitrogens is 1. The third-order valence-electron chi connectivity index (χ3n) is 3.21. The second kappa shape index (κ2) is 6.31. The molecule has 2 N–H and O–H groups in total. The summed E-state index contributed by atoms with van der Waals surface area (Å²) < 4.78 is 0. The number of rotatable bonds is 5. The number of hydrogen-bond donors (Lipinski definition) is 1. The largest absolute Gasteiger partial charge is 0.330 e. The number of nitrogens with two attached hydrogens (primary N) is 1. The smallest absolute Gasteiger partial charge is 0.0960 e. The van der Waals surface area contributed by atoms with E-state index in [2.05, 4.69) is 45.0 Å². The molecule has 1 aromatic heterocycles. The van der Waals surface area contributed by atoms with Gasteiger partial charge in [0, 0.05) is 16.4 Å². The van der Waals surface area contributed by atoms with Crippen LogP contribution in [0.5, 0.6) is 0 Å². The van der Waals surface area contributed by atoms with Crippen LogP contribution in [-0.2, 0) is 12.8 Å². The number of nitrogens with zero attached hydrogens (tertiary/aromatic N) is 1. The minimum atomic E-state index is 0.477. The zero-order chi connectivity index (χ0) is 13.8. The average molecular weight is 274 g/mol. The lowest BCUT2D eigenvalue weighted by molar-refractivity contribution is 0.853. The first-order chi connectivity index (χ1) is 9.15. The molecule has 0 amide bonds. The van der Waals surface area contributed by atoms with Crippen molar-refractivity contribution < 1.29 is 0 Å². The molecule has 0 aliphatic heterocycles. The lowest BCUT2D eigenvalue weighted by atomic mass is 10.1. The van der Waals surface area contributed by atoms with Gasteiger partial charge >= 0.3 is 0 Å². The second-order valence-electron chi connectivity index (χ2n) is 5.07. The molecule has 0 bridgehead atoms. The maximum absolute atomic E-state index is 5.72. The van der Waals surface area contributed by atoms with Crippen LogP contribution in [0.25, 0.3) is 11.3 Å². The summed E-state index contributed by atoms with van der Waals surface area (Å²) in [6.45, 7) is 7.23. The molecule has 0 spiro atoms. The SMILES string of the molecule is CCc1ccc(-c2nc(C(C)C)sc2CCN)cc1. The molecule has 0 aliphatic rings. The molecule has 0 saturated heterocycles. The first kappa shape index (κ1) is 14.2. The zero-order valence-electron chi connectivity index (χ0n) is 11.9. The summed E-state index contributed by atoms with van der Waals surface area (Å²) in [7, 11) is 0. The molecular formula is C16H22N2S. The molecular weight excluding hydrogens is 252 g/mol. The van der Waals surface area contributed by atoms with Gasteiger partial charge in [-0.05, 0) is 24.9 Å². The number of aryl methyl sites for hydroxylation is 1. The van der Waals surface area contributed by atoms with Crippen LogP contribution in [0.2, 0.25) is 0 Å². The van der Waals surface area contributed by atoms with Crippen molar-refractivity contribution in [2.45, 2.75) is 39.5 Å². The van der Waals surface area contributed by atoms with Crippen molar-refractivity contribution in [3.05, 3.63) is 39.7 Å². The topological polar surface area (TPSA) is 38.9 Å². The van der Waals surface area contributed by atoms with Gasteiger partial charge in [0.15, 0.2) is 0 Å². The Labute approximate surface area is 119 Å². The predicted octanol–water partition coefficient (Wildman–Crippen LogP) is 4.00. The first-order valence-electron chi connectivity index (χ1n) is 6.94. The predicted molar refractivity (Wildman–Crippen MR) is 83.8 cm³/mol. The molecule has 0 radical (unpaired) electrons. The second-order valence-corrected chi connectivity index (χ2v) is 6.18. The van der Waals surface area contributed by atoms with Gasteiger partial charge in [-0.25, -0.2) is 4.98 Å². The zero-order valence-corrected chi connectivity index (χ0v) is 12.8. The van der Waals surface area contributed by atoms with E-state index in [1.807, 2.05) is 0 Å². The Hall–Kier alpha value is -1.19. The Bertz CT molecular complexity index is 526. The van der Waals surface area contributed by atoms with Crippen LogP contribution in [0.4, 0.5) is 0 Å². The monoisotopic (exact) mass is 274 g/mol. The van der Waals surface area contributed by atoms with Gasteiger partial charge in [-0.1, -0.05) is 45.0 Å². The van der Waals surface area contributed by atoms with Gasteiger partial charge in [0.25, 0.3) is 0 Å². The van der Waals surface area contributed by atoms with Crippen LogP contribution in [0.3, 0.4) is 0 Å². The minimum absolute atomic E-state index is 0.477. The van der Waals surface area contributed by atoms with E-state index < -0.39 is 0 Å². The summed E-state index contributed by atoms with van der Waals surface area (Å²) in [4.78, 5) is 6.13. The molecule has 0 aliphatic carbocycles. The average Bonchev–Trinajstić information content (AvgIpc) is 2.84. The highest BCUT2D eigenvalue weighted by molar-refractivity contribution is 7.12. The third kappa shape index (κ3) is 3.23. The van der Waals surface area contributed by atoms with Gasteiger partial charge in [0.1, 0.15) is 0 Å². The number of hydrogen-bond acceptors (Lipinski definition) is 3. The van der Waals surface area contributed by atoms with Gasteiger partial charge in [0.05, 0.1) is 10.7 Å². The lowest BCUT2D eigenvalue weighted by Crippen LogP contribution is -2.02. The molecule has 19 heavy (non-hydrogen) atoms. The van der Waals surface area contributed by atoms with Crippen molar-refractivity contribution in [3.63, 3.8) is 0 Å². The Morgan fingerprint density at radius 2 is 1.89 bits per heavy atom. The van der Waals surface area contributed by atoms with Gasteiger partial charge in [-0.15, -0.1) is 11.3 Å². The van der Waals surface area contributed by atoms with E-state index in [0.29, 0.717) is 12.5 Å². The standard InChI is InChI=1S/C16H22N2S/c1-4-12-5-7-13(8-6-12)15-14(9-10-17)19-16(18-15)11(2)3/h5-8,11H,4,9-10,17H2,1-3H3. The van der Waals surface area contributed by atoms with Crippen LogP contribution in [0.15, 0.2) is 24.3 Å². The van der Waals surface area contributed by atoms with Gasteiger partial charge in [0.2, 0.25) is 0 Å². The minimum Gasteiger partial charge on any atom is -0.330 e. The summed E-state index contributed by atoms with van der Waals surface area (Å²) in [5.41, 5.74) is 9.42. The molecule has 1 heterocycles. The fourth-order valence-electron chi connectivity index (χ4n) is 2.04. The normalized spacial score (nSPS) is 11.2. The molecule has 1 aromatic carbocycles. The molecule has 3 heteroatoms. The molecule has 2 nitrogen and oxygen atoms in total. The highest BCUT2D eigenvalue weighted by Gasteiger charge is 2.14. The fourth-order valence-corrected chi connectivity index (χ4v) is 3.15. The molecule has 0 saturated carbocycles. The van der Waals surface area contributed by atoms with Crippen molar-refractivity contribution in [3.8, 4) is 11.3 Å². The van der Waals surface area contributed by atoms with Crippen LogP contribution in [-0.4, -0.2) is 11.5 Å². The summed E-state index contributed by atoms with van der Waals surface area (Å²) in [5, 5.41) is 1.21. The maximum Gasteiger partial charge on any atom is 0.0960 e. The van der Waals surface area contributed by atoms with Crippen LogP contribution in [0.1, 0.15) is 42.1 Å². The van der Waals surface area contributed by atoms with E-state index in [4.69, 9.17) is 10.7 Å². The summed E-state index contributed by atoms with van der Waals surface area (Å²) in [5.74, 6) is 0.477. The highest BCUT2D eigenvalue weighted by atomic mass is 32.1. The Morgan fingerprint density at radius 3 is 2.42 bits per heavy atom. The summed E-state index contributed by atoms with van der Waals surface area (Å²) in [6, 6.07) is 8.74. The van der Waals surface area contributed by atoms with Crippen molar-refractivity contribution in [1.29, 1.82) is 0 Å². The van der Waals surface area contributed by atoms with E-state index in [-0.39, 0.29) is 0 Å². The molecule has 2 aromatic rings. The molecule has 0 atom stereocenters. The van der Waals surface area contributed by atoms with E-state index in [1.54, 1.807) is 11.3 Å². The van der Waals surface area contributed by atoms with Crippen molar-refractivity contribution in [2.24, 2.45) is 5.73 Å². The maximum atomic E-state index is 5.72. The van der Waals surface area contributed by atoms with Gasteiger partial charge in [-0.3, -0.25) is 0 Å². The number of benzene rings is 1. The van der Waals surface area contributed by atoms with E-state index in [1.165, 1.54) is 21.0 Å². The fraction of sp³-hybridized carbons (Fsp3) is 0.438. The van der Waals surface area contributed by atoms with Gasteiger partial charge in [-0.2, -0.15) is 0 Å². The third-order valence-corrected chi connectivity index (χ3v) is 4.63.